The zero-order valence-corrected chi connectivity index (χ0v) is 15.4. The Morgan fingerprint density at radius 3 is 3.00 bits per heavy atom. The quantitative estimate of drug-likeness (QED) is 0.652. The first-order valence-electron chi connectivity index (χ1n) is 9.34. The van der Waals surface area contributed by atoms with Crippen molar-refractivity contribution in [2.75, 3.05) is 13.1 Å². The number of rotatable bonds is 2. The molecule has 1 unspecified atom stereocenters. The van der Waals surface area contributed by atoms with Gasteiger partial charge in [-0.1, -0.05) is 13.3 Å². The number of hydrogen-bond acceptors (Lipinski definition) is 4. The van der Waals surface area contributed by atoms with Crippen LogP contribution in [-0.4, -0.2) is 40.1 Å². The van der Waals surface area contributed by atoms with Crippen molar-refractivity contribution in [1.82, 2.24) is 9.88 Å². The van der Waals surface area contributed by atoms with Crippen molar-refractivity contribution in [3.05, 3.63) is 29.5 Å². The molecule has 0 radical (unpaired) electrons. The van der Waals surface area contributed by atoms with Crippen LogP contribution in [0.15, 0.2) is 18.2 Å². The normalized spacial score (nSPS) is 34.8. The van der Waals surface area contributed by atoms with E-state index in [1.807, 2.05) is 6.07 Å². The van der Waals surface area contributed by atoms with Crippen LogP contribution < -0.4 is 24.0 Å². The average Bonchev–Trinajstić information content (AvgIpc) is 2.92. The topological polar surface area (TPSA) is 79.4 Å². The van der Waals surface area contributed by atoms with Gasteiger partial charge in [0.25, 0.3) is 0 Å². The Hall–Kier alpha value is -1.41. The van der Waals surface area contributed by atoms with E-state index in [1.165, 1.54) is 0 Å². The number of aromatic hydroxyl groups is 1. The van der Waals surface area contributed by atoms with Gasteiger partial charge in [0, 0.05) is 35.7 Å². The summed E-state index contributed by atoms with van der Waals surface area (Å²) in [6.45, 7) is 4.05. The molecule has 2 saturated heterocycles. The van der Waals surface area contributed by atoms with Crippen LogP contribution in [0.3, 0.4) is 0 Å². The van der Waals surface area contributed by atoms with Gasteiger partial charge in [-0.15, -0.1) is 0 Å². The maximum absolute atomic E-state index is 12.6. The largest absolute Gasteiger partial charge is 1.00 e. The number of aromatic nitrogens is 1. The van der Waals surface area contributed by atoms with Gasteiger partial charge in [-0.2, -0.15) is 0 Å². The van der Waals surface area contributed by atoms with Crippen molar-refractivity contribution in [1.29, 1.82) is 0 Å². The molecule has 26 heavy (non-hydrogen) atoms. The Morgan fingerprint density at radius 2 is 2.27 bits per heavy atom. The molecule has 4 heterocycles. The molecule has 132 valence electrons. The molecule has 5 atom stereocenters. The maximum atomic E-state index is 12.6. The number of piperidine rings is 2. The first kappa shape index (κ1) is 18.0. The van der Waals surface area contributed by atoms with Crippen LogP contribution in [0.1, 0.15) is 37.4 Å². The Kier molecular flexibility index (Phi) is 4.18. The average molecular weight is 346 g/mol. The third kappa shape index (κ3) is 2.17. The van der Waals surface area contributed by atoms with Crippen molar-refractivity contribution in [3.8, 4) is 5.75 Å². The van der Waals surface area contributed by atoms with Crippen LogP contribution in [-0.2, 0) is 16.6 Å². The number of carbonyl (C=O) groups is 1. The minimum Gasteiger partial charge on any atom is -0.549 e. The van der Waals surface area contributed by atoms with Gasteiger partial charge in [-0.3, -0.25) is 4.90 Å². The third-order valence-corrected chi connectivity index (χ3v) is 6.96. The minimum absolute atomic E-state index is 0. The number of aliphatic carboxylic acids is 1. The number of carboxylic acid groups (broad SMARTS) is 1. The van der Waals surface area contributed by atoms with Crippen LogP contribution in [0, 0.1) is 11.8 Å². The van der Waals surface area contributed by atoms with E-state index < -0.39 is 11.4 Å². The molecule has 1 saturated carbocycles. The van der Waals surface area contributed by atoms with Crippen LogP contribution in [0.2, 0.25) is 0 Å². The monoisotopic (exact) mass is 346 g/mol. The number of carbonyl (C=O) groups excluding carboxylic acids is 1. The summed E-state index contributed by atoms with van der Waals surface area (Å²) in [5, 5.41) is 23.5. The number of aromatic amines is 1. The number of phenols is 1. The van der Waals surface area contributed by atoms with Gasteiger partial charge in [0.05, 0.1) is 11.4 Å². The fourth-order valence-corrected chi connectivity index (χ4v) is 6.12. The second-order valence-electron chi connectivity index (χ2n) is 8.13. The second-order valence-corrected chi connectivity index (χ2v) is 8.13. The molecule has 1 aliphatic carbocycles. The van der Waals surface area contributed by atoms with Crippen LogP contribution in [0.25, 0.3) is 10.9 Å². The molecule has 1 aromatic carbocycles. The molecule has 2 N–H and O–H groups in total. The molecule has 1 aromatic heterocycles. The van der Waals surface area contributed by atoms with Gasteiger partial charge in [-0.05, 0) is 54.9 Å². The number of H-pyrrole nitrogens is 1. The van der Waals surface area contributed by atoms with E-state index in [2.05, 4.69) is 16.8 Å². The Labute approximate surface area is 164 Å². The molecule has 4 aliphatic rings. The number of nitrogens with zero attached hydrogens (tertiary/aromatic N) is 1. The third-order valence-electron chi connectivity index (χ3n) is 6.96. The molecule has 2 aromatic rings. The molecule has 5 nitrogen and oxygen atoms in total. The van der Waals surface area contributed by atoms with E-state index in [-0.39, 0.29) is 30.7 Å². The first-order valence-corrected chi connectivity index (χ1v) is 9.34. The molecular formula is C20H23LiN2O3. The van der Waals surface area contributed by atoms with Gasteiger partial charge in [-0.25, -0.2) is 0 Å². The van der Waals surface area contributed by atoms with Crippen molar-refractivity contribution < 1.29 is 33.9 Å². The molecule has 6 heteroatoms. The molecular weight excluding hydrogens is 323 g/mol. The summed E-state index contributed by atoms with van der Waals surface area (Å²) in [5.41, 5.74) is 1.84. The summed E-state index contributed by atoms with van der Waals surface area (Å²) in [4.78, 5) is 18.4. The number of fused-ring (bicyclic) bond motifs is 4. The van der Waals surface area contributed by atoms with E-state index in [1.54, 1.807) is 12.1 Å². The first-order chi connectivity index (χ1) is 12.0. The summed E-state index contributed by atoms with van der Waals surface area (Å²) >= 11 is 0. The van der Waals surface area contributed by atoms with Crippen LogP contribution in [0.5, 0.6) is 5.75 Å². The number of nitrogens with one attached hydrogen (secondary N) is 1. The maximum Gasteiger partial charge on any atom is 1.00 e. The Balaban J connectivity index is 0.00000168. The Bertz CT molecular complexity index is 879. The number of phenolic OH excluding ortho intramolecular Hbond substituents is 1. The summed E-state index contributed by atoms with van der Waals surface area (Å²) in [7, 11) is 0. The fraction of sp³-hybridized carbons (Fsp3) is 0.550. The smallest absolute Gasteiger partial charge is 0.549 e. The minimum atomic E-state index is -0.956. The van der Waals surface area contributed by atoms with Gasteiger partial charge < -0.3 is 20.0 Å². The van der Waals surface area contributed by atoms with Crippen molar-refractivity contribution in [2.24, 2.45) is 11.8 Å². The summed E-state index contributed by atoms with van der Waals surface area (Å²) in [6, 6.07) is 5.26. The van der Waals surface area contributed by atoms with Gasteiger partial charge >= 0.3 is 18.9 Å². The van der Waals surface area contributed by atoms with E-state index in [0.29, 0.717) is 18.3 Å². The summed E-state index contributed by atoms with van der Waals surface area (Å²) in [5.74, 6) is 0.0938. The van der Waals surface area contributed by atoms with Gasteiger partial charge in [0.1, 0.15) is 5.75 Å². The molecule has 6 rings (SSSR count). The zero-order valence-electron chi connectivity index (χ0n) is 15.4. The summed E-state index contributed by atoms with van der Waals surface area (Å²) < 4.78 is 0. The van der Waals surface area contributed by atoms with E-state index >= 15 is 0 Å². The molecule has 0 spiro atoms. The Morgan fingerprint density at radius 1 is 1.46 bits per heavy atom. The van der Waals surface area contributed by atoms with Gasteiger partial charge in [0.15, 0.2) is 0 Å². The second kappa shape index (κ2) is 6.05. The molecule has 0 amide bonds. The fourth-order valence-electron chi connectivity index (χ4n) is 6.12. The van der Waals surface area contributed by atoms with Crippen molar-refractivity contribution in [2.45, 2.75) is 44.1 Å². The molecule has 4 bridgehead atoms. The van der Waals surface area contributed by atoms with Crippen LogP contribution >= 0.6 is 0 Å². The number of carboxylic acids is 1. The number of benzene rings is 1. The standard InChI is InChI=1S/C20H24N2O3.Li/c1-2-12-7-11-9-20(19(24)25)17-14(5-6-22(10-11)18(12)20)15-8-13(23)3-4-16(15)21-17;/h3-4,8,11-12,18,21,23H,2,5-7,9-10H2,1H3,(H,24,25);/q;+1/p-1/t11-,12-,18-,20+;/m0./s1. The molecule has 3 fully saturated rings. The van der Waals surface area contributed by atoms with E-state index in [0.717, 1.165) is 54.5 Å². The van der Waals surface area contributed by atoms with E-state index in [9.17, 15) is 15.0 Å². The summed E-state index contributed by atoms with van der Waals surface area (Å²) in [6.07, 6.45) is 3.61. The van der Waals surface area contributed by atoms with Crippen molar-refractivity contribution in [3.63, 3.8) is 0 Å². The zero-order chi connectivity index (χ0) is 17.3. The van der Waals surface area contributed by atoms with Gasteiger partial charge in [0.2, 0.25) is 0 Å². The number of hydrogen-bond donors (Lipinski definition) is 2. The van der Waals surface area contributed by atoms with Crippen molar-refractivity contribution >= 4 is 16.9 Å². The SMILES string of the molecule is CC[C@H]1C[C@@H]2CN3CCc4c([nH]c5ccc(O)cc45)[C@](C(=O)[O-])(C2)[C@H]13.[Li+]. The van der Waals surface area contributed by atoms with E-state index in [4.69, 9.17) is 0 Å². The van der Waals surface area contributed by atoms with Crippen LogP contribution in [0.4, 0.5) is 0 Å². The predicted molar refractivity (Wildman–Crippen MR) is 92.2 cm³/mol. The molecule has 3 aliphatic heterocycles. The predicted octanol–water partition coefficient (Wildman–Crippen LogP) is -1.46.